The van der Waals surface area contributed by atoms with Crippen molar-refractivity contribution in [2.75, 3.05) is 13.2 Å². The Balaban J connectivity index is 1.75. The topological polar surface area (TPSA) is 62.9 Å². The van der Waals surface area contributed by atoms with Crippen molar-refractivity contribution in [1.82, 2.24) is 10.3 Å². The van der Waals surface area contributed by atoms with Gasteiger partial charge in [-0.3, -0.25) is 5.43 Å². The SMILES string of the molecule is NNC(=NC1CC1)N1CCOC2CCCC21. The van der Waals surface area contributed by atoms with Gasteiger partial charge in [0.05, 0.1) is 24.8 Å². The fourth-order valence-electron chi connectivity index (χ4n) is 2.76. The second-order valence-corrected chi connectivity index (χ2v) is 4.93. The first-order chi connectivity index (χ1) is 7.88. The van der Waals surface area contributed by atoms with E-state index in [4.69, 9.17) is 10.6 Å². The third kappa shape index (κ3) is 1.89. The van der Waals surface area contributed by atoms with Crippen molar-refractivity contribution in [3.63, 3.8) is 0 Å². The van der Waals surface area contributed by atoms with Gasteiger partial charge in [0.25, 0.3) is 0 Å². The molecule has 1 aliphatic heterocycles. The quantitative estimate of drug-likeness (QED) is 0.289. The van der Waals surface area contributed by atoms with E-state index in [1.54, 1.807) is 0 Å². The number of guanidine groups is 1. The minimum atomic E-state index is 0.395. The van der Waals surface area contributed by atoms with Crippen LogP contribution in [0.4, 0.5) is 0 Å². The summed E-state index contributed by atoms with van der Waals surface area (Å²) in [6.07, 6.45) is 6.46. The predicted octanol–water partition coefficient (Wildman–Crippen LogP) is 0.221. The fourth-order valence-corrected chi connectivity index (χ4v) is 2.76. The van der Waals surface area contributed by atoms with Crippen molar-refractivity contribution in [3.8, 4) is 0 Å². The van der Waals surface area contributed by atoms with E-state index in [2.05, 4.69) is 15.3 Å². The largest absolute Gasteiger partial charge is 0.374 e. The van der Waals surface area contributed by atoms with E-state index in [0.717, 1.165) is 19.1 Å². The van der Waals surface area contributed by atoms with Crippen LogP contribution >= 0.6 is 0 Å². The minimum Gasteiger partial charge on any atom is -0.374 e. The molecule has 3 aliphatic rings. The van der Waals surface area contributed by atoms with Gasteiger partial charge in [-0.1, -0.05) is 0 Å². The van der Waals surface area contributed by atoms with Crippen molar-refractivity contribution < 1.29 is 4.74 Å². The minimum absolute atomic E-state index is 0.395. The first-order valence-electron chi connectivity index (χ1n) is 6.31. The number of hydrazine groups is 1. The van der Waals surface area contributed by atoms with Crippen LogP contribution in [-0.4, -0.2) is 42.2 Å². The number of rotatable bonds is 1. The molecule has 2 aliphatic carbocycles. The lowest BCUT2D eigenvalue weighted by Gasteiger charge is -2.39. The van der Waals surface area contributed by atoms with E-state index in [9.17, 15) is 0 Å². The summed E-state index contributed by atoms with van der Waals surface area (Å²) in [6.45, 7) is 1.71. The highest BCUT2D eigenvalue weighted by Gasteiger charge is 2.38. The summed E-state index contributed by atoms with van der Waals surface area (Å²) in [6, 6.07) is 0.996. The van der Waals surface area contributed by atoms with Gasteiger partial charge in [0.15, 0.2) is 0 Å². The maximum absolute atomic E-state index is 5.78. The summed E-state index contributed by atoms with van der Waals surface area (Å²) in [5.41, 5.74) is 2.78. The Labute approximate surface area is 96.0 Å². The first kappa shape index (κ1) is 10.4. The summed E-state index contributed by atoms with van der Waals surface area (Å²) >= 11 is 0. The molecule has 3 fully saturated rings. The van der Waals surface area contributed by atoms with Crippen molar-refractivity contribution in [2.24, 2.45) is 10.8 Å². The molecule has 0 amide bonds. The molecular weight excluding hydrogens is 204 g/mol. The number of nitrogens with one attached hydrogen (secondary N) is 1. The molecule has 2 atom stereocenters. The van der Waals surface area contributed by atoms with Gasteiger partial charge in [0, 0.05) is 6.54 Å². The molecule has 90 valence electrons. The molecule has 0 aromatic rings. The van der Waals surface area contributed by atoms with Crippen LogP contribution in [0.1, 0.15) is 32.1 Å². The summed E-state index contributed by atoms with van der Waals surface area (Å²) in [5, 5.41) is 0. The van der Waals surface area contributed by atoms with Crippen molar-refractivity contribution in [1.29, 1.82) is 0 Å². The van der Waals surface area contributed by atoms with E-state index in [1.807, 2.05) is 0 Å². The zero-order valence-corrected chi connectivity index (χ0v) is 9.56. The zero-order valence-electron chi connectivity index (χ0n) is 9.56. The van der Waals surface area contributed by atoms with Gasteiger partial charge < -0.3 is 9.64 Å². The highest BCUT2D eigenvalue weighted by atomic mass is 16.5. The molecule has 5 nitrogen and oxygen atoms in total. The van der Waals surface area contributed by atoms with E-state index in [1.165, 1.54) is 32.1 Å². The Morgan fingerprint density at radius 1 is 1.31 bits per heavy atom. The zero-order chi connectivity index (χ0) is 11.0. The highest BCUT2D eigenvalue weighted by molar-refractivity contribution is 5.80. The van der Waals surface area contributed by atoms with Crippen molar-refractivity contribution >= 4 is 5.96 Å². The van der Waals surface area contributed by atoms with Crippen molar-refractivity contribution in [2.45, 2.75) is 50.3 Å². The van der Waals surface area contributed by atoms with Crippen LogP contribution in [-0.2, 0) is 4.74 Å². The molecule has 0 bridgehead atoms. The van der Waals surface area contributed by atoms with Crippen LogP contribution in [0.25, 0.3) is 0 Å². The molecule has 0 radical (unpaired) electrons. The van der Waals surface area contributed by atoms with Crippen molar-refractivity contribution in [3.05, 3.63) is 0 Å². The average molecular weight is 224 g/mol. The molecule has 3 N–H and O–H groups in total. The van der Waals surface area contributed by atoms with Gasteiger partial charge in [0.1, 0.15) is 0 Å². The first-order valence-corrected chi connectivity index (χ1v) is 6.31. The fraction of sp³-hybridized carbons (Fsp3) is 0.909. The van der Waals surface area contributed by atoms with E-state index in [0.29, 0.717) is 18.2 Å². The predicted molar refractivity (Wildman–Crippen MR) is 61.9 cm³/mol. The van der Waals surface area contributed by atoms with E-state index < -0.39 is 0 Å². The normalized spacial score (nSPS) is 35.1. The number of nitrogens with zero attached hydrogens (tertiary/aromatic N) is 2. The summed E-state index contributed by atoms with van der Waals surface area (Å²) in [7, 11) is 0. The average Bonchev–Trinajstić information content (AvgIpc) is 3.00. The Bertz CT molecular complexity index is 290. The number of fused-ring (bicyclic) bond motifs is 1. The molecule has 0 aromatic carbocycles. The highest BCUT2D eigenvalue weighted by Crippen LogP contribution is 2.30. The summed E-state index contributed by atoms with van der Waals surface area (Å²) < 4.78 is 5.78. The van der Waals surface area contributed by atoms with Gasteiger partial charge >= 0.3 is 0 Å². The lowest BCUT2D eigenvalue weighted by Crippen LogP contribution is -2.56. The summed E-state index contributed by atoms with van der Waals surface area (Å²) in [5.74, 6) is 6.48. The lowest BCUT2D eigenvalue weighted by molar-refractivity contribution is -0.0306. The number of hydrogen-bond donors (Lipinski definition) is 2. The van der Waals surface area contributed by atoms with Crippen LogP contribution < -0.4 is 11.3 Å². The van der Waals surface area contributed by atoms with Crippen LogP contribution in [0.2, 0.25) is 0 Å². The van der Waals surface area contributed by atoms with Crippen LogP contribution in [0.5, 0.6) is 0 Å². The Kier molecular flexibility index (Phi) is 2.73. The number of hydrogen-bond acceptors (Lipinski definition) is 3. The second-order valence-electron chi connectivity index (χ2n) is 4.93. The second kappa shape index (κ2) is 4.22. The molecule has 1 heterocycles. The third-order valence-corrected chi connectivity index (χ3v) is 3.74. The Morgan fingerprint density at radius 3 is 2.94 bits per heavy atom. The molecule has 3 rings (SSSR count). The van der Waals surface area contributed by atoms with Gasteiger partial charge in [-0.25, -0.2) is 10.8 Å². The van der Waals surface area contributed by atoms with Crippen LogP contribution in [0.3, 0.4) is 0 Å². The molecule has 2 unspecified atom stereocenters. The van der Waals surface area contributed by atoms with Crippen LogP contribution in [0, 0.1) is 0 Å². The number of nitrogens with two attached hydrogens (primary N) is 1. The molecule has 2 saturated carbocycles. The Morgan fingerprint density at radius 2 is 2.19 bits per heavy atom. The maximum atomic E-state index is 5.78. The molecule has 1 saturated heterocycles. The summed E-state index contributed by atoms with van der Waals surface area (Å²) in [4.78, 5) is 6.96. The van der Waals surface area contributed by atoms with Gasteiger partial charge in [-0.15, -0.1) is 0 Å². The van der Waals surface area contributed by atoms with Gasteiger partial charge in [-0.2, -0.15) is 0 Å². The van der Waals surface area contributed by atoms with Gasteiger partial charge in [-0.05, 0) is 32.1 Å². The molecule has 5 heteroatoms. The number of aliphatic imine (C=N–C) groups is 1. The smallest absolute Gasteiger partial charge is 0.209 e. The van der Waals surface area contributed by atoms with Gasteiger partial charge in [0.2, 0.25) is 5.96 Å². The molecule has 0 spiro atoms. The van der Waals surface area contributed by atoms with E-state index in [-0.39, 0.29) is 0 Å². The number of morpholine rings is 1. The molecular formula is C11H20N4O. The Hall–Kier alpha value is -0.810. The number of ether oxygens (including phenoxy) is 1. The maximum Gasteiger partial charge on any atom is 0.209 e. The lowest BCUT2D eigenvalue weighted by atomic mass is 10.1. The third-order valence-electron chi connectivity index (χ3n) is 3.74. The molecule has 16 heavy (non-hydrogen) atoms. The standard InChI is InChI=1S/C11H20N4O/c12-14-11(13-8-4-5-8)15-6-7-16-10-3-1-2-9(10)15/h8-10H,1-7,12H2,(H,13,14). The monoisotopic (exact) mass is 224 g/mol. The van der Waals surface area contributed by atoms with Crippen LogP contribution in [0.15, 0.2) is 4.99 Å². The van der Waals surface area contributed by atoms with E-state index >= 15 is 0 Å². The molecule has 0 aromatic heterocycles.